The van der Waals surface area contributed by atoms with Crippen LogP contribution in [0.5, 0.6) is 0 Å². The minimum atomic E-state index is -0.590. The molecular formula is C25H26F2N4O4. The van der Waals surface area contributed by atoms with Crippen molar-refractivity contribution in [2.45, 2.75) is 13.0 Å². The van der Waals surface area contributed by atoms with Crippen molar-refractivity contribution in [3.8, 4) is 0 Å². The molecule has 1 atom stereocenters. The van der Waals surface area contributed by atoms with E-state index in [0.717, 1.165) is 5.56 Å². The molecule has 0 bridgehead atoms. The number of anilines is 2. The third-order valence-electron chi connectivity index (χ3n) is 5.92. The molecular weight excluding hydrogens is 458 g/mol. The second-order valence-corrected chi connectivity index (χ2v) is 8.39. The molecule has 35 heavy (non-hydrogen) atoms. The van der Waals surface area contributed by atoms with Gasteiger partial charge >= 0.3 is 6.09 Å². The summed E-state index contributed by atoms with van der Waals surface area (Å²) >= 11 is 0. The van der Waals surface area contributed by atoms with Crippen molar-refractivity contribution in [2.75, 3.05) is 49.1 Å². The Morgan fingerprint density at radius 2 is 1.80 bits per heavy atom. The lowest BCUT2D eigenvalue weighted by Gasteiger charge is -2.36. The highest BCUT2D eigenvalue weighted by molar-refractivity contribution is 5.92. The van der Waals surface area contributed by atoms with Crippen LogP contribution in [0.3, 0.4) is 0 Å². The lowest BCUT2D eigenvalue weighted by molar-refractivity contribution is -0.126. The Hall–Kier alpha value is -3.95. The smallest absolute Gasteiger partial charge is 0.414 e. The zero-order valence-corrected chi connectivity index (χ0v) is 19.2. The standard InChI is InChI=1S/C25H26F2N4O4/c1-17(32)28-15-21-16-31(25(34)35-21)20-7-8-23(22(27)14-20)29-10-12-30(13-11-29)24(33)9-4-18-2-5-19(26)6-3-18/h2-9,14,21H,10-13,15-16H2,1H3,(H,28,32)/t21-/m0/s1. The third kappa shape index (κ3) is 5.95. The molecule has 2 aliphatic heterocycles. The summed E-state index contributed by atoms with van der Waals surface area (Å²) in [5.41, 5.74) is 1.50. The van der Waals surface area contributed by atoms with E-state index in [-0.39, 0.29) is 30.7 Å². The van der Waals surface area contributed by atoms with Crippen LogP contribution in [0, 0.1) is 11.6 Å². The van der Waals surface area contributed by atoms with Crippen LogP contribution in [0.1, 0.15) is 12.5 Å². The van der Waals surface area contributed by atoms with Crippen LogP contribution in [-0.4, -0.2) is 68.2 Å². The number of halogens is 2. The Balaban J connectivity index is 1.33. The predicted molar refractivity (Wildman–Crippen MR) is 127 cm³/mol. The molecule has 0 radical (unpaired) electrons. The number of amides is 3. The van der Waals surface area contributed by atoms with Gasteiger partial charge in [-0.05, 0) is 42.0 Å². The van der Waals surface area contributed by atoms with E-state index in [4.69, 9.17) is 4.74 Å². The maximum absolute atomic E-state index is 15.0. The number of benzene rings is 2. The summed E-state index contributed by atoms with van der Waals surface area (Å²) in [4.78, 5) is 40.6. The van der Waals surface area contributed by atoms with Crippen molar-refractivity contribution < 1.29 is 27.9 Å². The Kier molecular flexibility index (Phi) is 7.28. The van der Waals surface area contributed by atoms with E-state index >= 15 is 0 Å². The number of carbonyl (C=O) groups is 3. The van der Waals surface area contributed by atoms with Gasteiger partial charge in [-0.1, -0.05) is 12.1 Å². The number of cyclic esters (lactones) is 1. The van der Waals surface area contributed by atoms with Gasteiger partial charge in [0.1, 0.15) is 17.7 Å². The highest BCUT2D eigenvalue weighted by atomic mass is 19.1. The van der Waals surface area contributed by atoms with E-state index in [2.05, 4.69) is 5.32 Å². The maximum atomic E-state index is 15.0. The first kappa shape index (κ1) is 24.2. The molecule has 4 rings (SSSR count). The minimum Gasteiger partial charge on any atom is -0.442 e. The number of carbonyl (C=O) groups excluding carboxylic acids is 3. The number of rotatable bonds is 6. The zero-order chi connectivity index (χ0) is 24.9. The lowest BCUT2D eigenvalue weighted by Crippen LogP contribution is -2.48. The van der Waals surface area contributed by atoms with Crippen molar-refractivity contribution >= 4 is 35.4 Å². The molecule has 184 valence electrons. The molecule has 0 aliphatic carbocycles. The molecule has 2 aromatic carbocycles. The molecule has 0 aromatic heterocycles. The molecule has 2 fully saturated rings. The molecule has 2 aliphatic rings. The fourth-order valence-corrected chi connectivity index (χ4v) is 4.03. The van der Waals surface area contributed by atoms with E-state index < -0.39 is 18.0 Å². The fourth-order valence-electron chi connectivity index (χ4n) is 4.03. The average molecular weight is 485 g/mol. The van der Waals surface area contributed by atoms with E-state index in [0.29, 0.717) is 37.6 Å². The number of ether oxygens (including phenoxy) is 1. The van der Waals surface area contributed by atoms with Crippen molar-refractivity contribution in [3.05, 3.63) is 65.7 Å². The normalized spacial score (nSPS) is 18.2. The summed E-state index contributed by atoms with van der Waals surface area (Å²) in [5.74, 6) is -1.19. The van der Waals surface area contributed by atoms with Crippen LogP contribution < -0.4 is 15.1 Å². The number of nitrogens with one attached hydrogen (secondary N) is 1. The Labute approximate surface area is 201 Å². The first-order valence-electron chi connectivity index (χ1n) is 11.3. The second kappa shape index (κ2) is 10.5. The first-order valence-corrected chi connectivity index (χ1v) is 11.3. The molecule has 2 heterocycles. The van der Waals surface area contributed by atoms with Crippen LogP contribution in [0.2, 0.25) is 0 Å². The summed E-state index contributed by atoms with van der Waals surface area (Å²) in [6.45, 7) is 3.55. The van der Waals surface area contributed by atoms with Gasteiger partial charge in [-0.15, -0.1) is 0 Å². The summed E-state index contributed by atoms with van der Waals surface area (Å²) in [7, 11) is 0. The molecule has 8 nitrogen and oxygen atoms in total. The van der Waals surface area contributed by atoms with Gasteiger partial charge in [0.2, 0.25) is 11.8 Å². The Bertz CT molecular complexity index is 1130. The van der Waals surface area contributed by atoms with Crippen molar-refractivity contribution in [1.82, 2.24) is 10.2 Å². The van der Waals surface area contributed by atoms with Gasteiger partial charge in [0.25, 0.3) is 0 Å². The molecule has 3 amide bonds. The molecule has 1 N–H and O–H groups in total. The van der Waals surface area contributed by atoms with Gasteiger partial charge in [-0.2, -0.15) is 0 Å². The van der Waals surface area contributed by atoms with Crippen molar-refractivity contribution in [3.63, 3.8) is 0 Å². The SMILES string of the molecule is CC(=O)NC[C@H]1CN(c2ccc(N3CCN(C(=O)C=Cc4ccc(F)cc4)CC3)c(F)c2)C(=O)O1. The third-order valence-corrected chi connectivity index (χ3v) is 5.92. The molecule has 2 aromatic rings. The zero-order valence-electron chi connectivity index (χ0n) is 19.2. The van der Waals surface area contributed by atoms with Crippen LogP contribution >= 0.6 is 0 Å². The van der Waals surface area contributed by atoms with Crippen LogP contribution in [0.25, 0.3) is 6.08 Å². The highest BCUT2D eigenvalue weighted by Crippen LogP contribution is 2.28. The topological polar surface area (TPSA) is 82.2 Å². The summed E-state index contributed by atoms with van der Waals surface area (Å²) < 4.78 is 33.2. The van der Waals surface area contributed by atoms with Crippen molar-refractivity contribution in [1.29, 1.82) is 0 Å². The summed E-state index contributed by atoms with van der Waals surface area (Å²) in [5, 5.41) is 2.60. The molecule has 2 saturated heterocycles. The lowest BCUT2D eigenvalue weighted by atomic mass is 10.2. The average Bonchev–Trinajstić information content (AvgIpc) is 3.22. The second-order valence-electron chi connectivity index (χ2n) is 8.39. The fraction of sp³-hybridized carbons (Fsp3) is 0.320. The Morgan fingerprint density at radius 1 is 1.09 bits per heavy atom. The van der Waals surface area contributed by atoms with E-state index in [9.17, 15) is 23.2 Å². The van der Waals surface area contributed by atoms with Gasteiger partial charge in [0.15, 0.2) is 0 Å². The van der Waals surface area contributed by atoms with Crippen LogP contribution in [0.15, 0.2) is 48.5 Å². The number of hydrogen-bond donors (Lipinski definition) is 1. The monoisotopic (exact) mass is 484 g/mol. The van der Waals surface area contributed by atoms with Gasteiger partial charge in [-0.3, -0.25) is 14.5 Å². The van der Waals surface area contributed by atoms with Crippen LogP contribution in [-0.2, 0) is 14.3 Å². The van der Waals surface area contributed by atoms with Gasteiger partial charge in [0, 0.05) is 39.2 Å². The number of piperazine rings is 1. The van der Waals surface area contributed by atoms with Crippen LogP contribution in [0.4, 0.5) is 25.0 Å². The summed E-state index contributed by atoms with van der Waals surface area (Å²) in [6.07, 6.45) is 1.99. The van der Waals surface area contributed by atoms with Gasteiger partial charge in [-0.25, -0.2) is 13.6 Å². The highest BCUT2D eigenvalue weighted by Gasteiger charge is 2.33. The van der Waals surface area contributed by atoms with E-state index in [1.165, 1.54) is 36.1 Å². The number of hydrogen-bond acceptors (Lipinski definition) is 5. The quantitative estimate of drug-likeness (QED) is 0.638. The van der Waals surface area contributed by atoms with Crippen molar-refractivity contribution in [2.24, 2.45) is 0 Å². The maximum Gasteiger partial charge on any atom is 0.414 e. The molecule has 0 saturated carbocycles. The molecule has 10 heteroatoms. The Morgan fingerprint density at radius 3 is 2.46 bits per heavy atom. The summed E-state index contributed by atoms with van der Waals surface area (Å²) in [6, 6.07) is 10.4. The minimum absolute atomic E-state index is 0.161. The molecule has 0 spiro atoms. The van der Waals surface area contributed by atoms with Gasteiger partial charge in [0.05, 0.1) is 24.5 Å². The predicted octanol–water partition coefficient (Wildman–Crippen LogP) is 2.79. The number of nitrogens with zero attached hydrogens (tertiary/aromatic N) is 3. The largest absolute Gasteiger partial charge is 0.442 e. The van der Waals surface area contributed by atoms with E-state index in [1.54, 1.807) is 35.2 Å². The van der Waals surface area contributed by atoms with Gasteiger partial charge < -0.3 is 19.9 Å². The molecule has 0 unspecified atom stereocenters. The van der Waals surface area contributed by atoms with E-state index in [1.807, 2.05) is 4.90 Å². The first-order chi connectivity index (χ1) is 16.8.